The maximum Gasteiger partial charge on any atom is 1.00 e. The Balaban J connectivity index is 0.00000163. The molecule has 6 aromatic carbocycles. The first-order valence-electron chi connectivity index (χ1n) is 24.0. The number of carboxylic acids is 1. The number of nitriles is 2. The molecule has 0 unspecified atom stereocenters. The molecule has 33 heteroatoms. The van der Waals surface area contributed by atoms with Gasteiger partial charge in [0.05, 0.1) is 62.8 Å². The Morgan fingerprint density at radius 1 is 0.534 bits per heavy atom. The SMILES string of the molecule is COC(=O)[C@H](CNC(=O)CNC(=O)c1cccc(N=C(N)NC#N)c1)NC(=O)c1c(Cl)cc(-c2ccccc2)cc1Cl.N#CNC(N)=Nc1cccc(C(=O)NCC(=O)NC[C@H](NC(=O)c2c(Cl)cc(-c3ccccc3)cc2Cl)C(=O)O)c1.O.S.S.[Li+].[OH-]. The topological polar surface area (TPSA) is 448 Å². The number of methoxy groups -OCH3 is 1. The predicted octanol–water partition coefficient (Wildman–Crippen LogP) is 1.13. The maximum absolute atomic E-state index is 13.0. The summed E-state index contributed by atoms with van der Waals surface area (Å²) >= 11 is 25.4. The summed E-state index contributed by atoms with van der Waals surface area (Å²) < 4.78 is 4.75. The van der Waals surface area contributed by atoms with E-state index in [1.54, 1.807) is 42.7 Å². The number of carbonyl (C=O) groups excluding carboxylic acids is 7. The van der Waals surface area contributed by atoms with Crippen molar-refractivity contribution in [3.8, 4) is 34.6 Å². The average molecular weight is 1320 g/mol. The predicted molar refractivity (Wildman–Crippen MR) is 336 cm³/mol. The monoisotopic (exact) mass is 1310 g/mol. The molecule has 0 saturated carbocycles. The van der Waals surface area contributed by atoms with Gasteiger partial charge in [0.2, 0.25) is 23.7 Å². The molecule has 458 valence electrons. The minimum absolute atomic E-state index is 0. The Kier molecular flexibility index (Phi) is 35.6. The molecule has 0 radical (unpaired) electrons. The van der Waals surface area contributed by atoms with Crippen molar-refractivity contribution >= 4 is 144 Å². The molecule has 6 aromatic rings. The van der Waals surface area contributed by atoms with Crippen LogP contribution in [0, 0.1) is 22.9 Å². The van der Waals surface area contributed by atoms with E-state index < -0.39 is 79.1 Å². The van der Waals surface area contributed by atoms with E-state index in [2.05, 4.69) is 52.5 Å². The van der Waals surface area contributed by atoms with E-state index in [9.17, 15) is 43.5 Å². The molecular formula is C55H55Cl4LiN14O12S2. The Labute approximate surface area is 548 Å². The number of carboxylic acid groups (broad SMARTS) is 1. The van der Waals surface area contributed by atoms with Gasteiger partial charge < -0.3 is 64.2 Å². The number of benzene rings is 6. The molecule has 0 aliphatic heterocycles. The summed E-state index contributed by atoms with van der Waals surface area (Å²) in [5.74, 6) is -6.73. The fourth-order valence-corrected chi connectivity index (χ4v) is 8.45. The summed E-state index contributed by atoms with van der Waals surface area (Å²) in [5.41, 5.74) is 14.8. The molecule has 0 aliphatic carbocycles. The second kappa shape index (κ2) is 39.6. The zero-order chi connectivity index (χ0) is 60.6. The molecule has 0 spiro atoms. The zero-order valence-electron chi connectivity index (χ0n) is 46.2. The van der Waals surface area contributed by atoms with Crippen molar-refractivity contribution in [1.82, 2.24) is 42.5 Å². The van der Waals surface area contributed by atoms with Gasteiger partial charge in [-0.1, -0.05) is 119 Å². The number of amides is 6. The van der Waals surface area contributed by atoms with Crippen molar-refractivity contribution in [3.63, 3.8) is 0 Å². The number of hydrogen-bond donors (Lipinski definition) is 11. The third kappa shape index (κ3) is 24.4. The van der Waals surface area contributed by atoms with Gasteiger partial charge in [0.15, 0.2) is 12.4 Å². The summed E-state index contributed by atoms with van der Waals surface area (Å²) in [5, 5.41) is 45.6. The fourth-order valence-electron chi connectivity index (χ4n) is 7.14. The number of nitrogens with one attached hydrogen (secondary N) is 8. The number of aliphatic imine (C=N–C) groups is 2. The van der Waals surface area contributed by atoms with Gasteiger partial charge in [0, 0.05) is 24.2 Å². The number of hydrogen-bond acceptors (Lipinski definition) is 14. The smallest absolute Gasteiger partial charge is 0.870 e. The van der Waals surface area contributed by atoms with Crippen LogP contribution in [-0.2, 0) is 23.9 Å². The number of halogens is 4. The standard InChI is InChI=1S/C28H25Cl2N7O5.C27H23Cl2N7O5.Li.2H2O.2H2S/c1-42-27(41)22(37-26(40)24-20(29)11-18(12-21(24)30)16-6-3-2-4-7-16)13-33-23(38)14-34-25(39)17-8-5-9-19(10-17)36-28(32)35-15-31;28-19-10-17(15-5-2-1-3-6-15)11-20(29)23(19)25(39)36-21(26(40)41)12-32-22(37)13-33-24(38)16-7-4-8-18(9-16)35-27(31)34-14-30;;;;;/h2-12,22H,13-14H2,1H3,(H,33,38)(H,34,39)(H,37,40)(H3,32,35,36);1-11,21H,12-13H2,(H,32,37)(H,33,38)(H,36,39)(H,40,41)(H3,31,34,35);;4*1H2/q;;+1;;;;/p-1/t22-;21-;;;;;/m00...../s1. The van der Waals surface area contributed by atoms with Crippen LogP contribution in [0.5, 0.6) is 0 Å². The van der Waals surface area contributed by atoms with Crippen LogP contribution in [0.4, 0.5) is 11.4 Å². The molecule has 88 heavy (non-hydrogen) atoms. The van der Waals surface area contributed by atoms with Gasteiger partial charge in [0.25, 0.3) is 23.6 Å². The number of aliphatic carboxylic acids is 1. The van der Waals surface area contributed by atoms with Crippen molar-refractivity contribution in [1.29, 1.82) is 10.5 Å². The molecule has 0 aliphatic rings. The van der Waals surface area contributed by atoms with Gasteiger partial charge in [0.1, 0.15) is 12.1 Å². The maximum atomic E-state index is 13.0. The molecular weight excluding hydrogens is 1260 g/mol. The molecule has 26 nitrogen and oxygen atoms in total. The Morgan fingerprint density at radius 3 is 1.23 bits per heavy atom. The van der Waals surface area contributed by atoms with Gasteiger partial charge in [-0.05, 0) is 82.9 Å². The quantitative estimate of drug-likeness (QED) is 0.0127. The normalized spacial score (nSPS) is 10.8. The fraction of sp³-hybridized carbons (Fsp3) is 0.127. The number of rotatable bonds is 20. The molecule has 16 N–H and O–H groups in total. The van der Waals surface area contributed by atoms with E-state index >= 15 is 0 Å². The molecule has 6 rings (SSSR count). The minimum Gasteiger partial charge on any atom is -0.870 e. The van der Waals surface area contributed by atoms with Crippen LogP contribution in [-0.4, -0.2) is 121 Å². The molecule has 2 atom stereocenters. The van der Waals surface area contributed by atoms with E-state index in [1.165, 1.54) is 42.5 Å². The van der Waals surface area contributed by atoms with Crippen molar-refractivity contribution in [2.75, 3.05) is 33.3 Å². The summed E-state index contributed by atoms with van der Waals surface area (Å²) in [6.45, 7) is -1.75. The van der Waals surface area contributed by atoms with Crippen LogP contribution in [0.2, 0.25) is 20.1 Å². The summed E-state index contributed by atoms with van der Waals surface area (Å²) in [4.78, 5) is 107. The second-order valence-corrected chi connectivity index (χ2v) is 18.4. The number of carbonyl (C=O) groups is 8. The Bertz CT molecular complexity index is 3540. The van der Waals surface area contributed by atoms with Gasteiger partial charge in [-0.3, -0.25) is 39.4 Å². The number of ether oxygens (including phenoxy) is 1. The number of nitrogens with two attached hydrogens (primary N) is 2. The van der Waals surface area contributed by atoms with Crippen LogP contribution in [0.1, 0.15) is 41.4 Å². The number of nitrogens with zero attached hydrogens (tertiary/aromatic N) is 4. The van der Waals surface area contributed by atoms with E-state index in [-0.39, 0.29) is 123 Å². The number of esters is 1. The van der Waals surface area contributed by atoms with Crippen LogP contribution in [0.3, 0.4) is 0 Å². The molecule has 0 heterocycles. The summed E-state index contributed by atoms with van der Waals surface area (Å²) in [7, 11) is 1.13. The van der Waals surface area contributed by atoms with Gasteiger partial charge >= 0.3 is 30.8 Å². The third-order valence-corrected chi connectivity index (χ3v) is 12.2. The van der Waals surface area contributed by atoms with Gasteiger partial charge in [-0.25, -0.2) is 19.6 Å². The van der Waals surface area contributed by atoms with Crippen LogP contribution < -0.4 is 72.9 Å². The molecule has 0 saturated heterocycles. The van der Waals surface area contributed by atoms with E-state index in [4.69, 9.17) is 73.1 Å². The summed E-state index contributed by atoms with van der Waals surface area (Å²) in [6.07, 6.45) is 3.24. The van der Waals surface area contributed by atoms with Crippen LogP contribution >= 0.6 is 73.4 Å². The van der Waals surface area contributed by atoms with Crippen molar-refractivity contribution in [3.05, 3.63) is 176 Å². The van der Waals surface area contributed by atoms with E-state index in [1.807, 2.05) is 60.7 Å². The molecule has 0 aromatic heterocycles. The first-order valence-corrected chi connectivity index (χ1v) is 25.5. The molecule has 0 bridgehead atoms. The Morgan fingerprint density at radius 2 is 0.886 bits per heavy atom. The first-order chi connectivity index (χ1) is 39.7. The third-order valence-electron chi connectivity index (χ3n) is 11.1. The zero-order valence-corrected chi connectivity index (χ0v) is 51.2. The second-order valence-electron chi connectivity index (χ2n) is 16.8. The molecule has 6 amide bonds. The van der Waals surface area contributed by atoms with E-state index in [0.717, 1.165) is 18.2 Å². The van der Waals surface area contributed by atoms with Crippen LogP contribution in [0.15, 0.2) is 143 Å². The van der Waals surface area contributed by atoms with Gasteiger partial charge in [-0.15, -0.1) is 0 Å². The van der Waals surface area contributed by atoms with Gasteiger partial charge in [-0.2, -0.15) is 37.5 Å². The van der Waals surface area contributed by atoms with Crippen molar-refractivity contribution in [2.45, 2.75) is 12.1 Å². The number of guanidine groups is 2. The average Bonchev–Trinajstić information content (AvgIpc) is 3.48. The Hall–Kier alpha value is -9.02. The first kappa shape index (κ1) is 79.0. The summed E-state index contributed by atoms with van der Waals surface area (Å²) in [6, 6.07) is 33.8. The van der Waals surface area contributed by atoms with E-state index in [0.29, 0.717) is 16.8 Å². The largest absolute Gasteiger partial charge is 1.00 e. The van der Waals surface area contributed by atoms with Crippen molar-refractivity contribution in [2.24, 2.45) is 21.5 Å². The van der Waals surface area contributed by atoms with Crippen LogP contribution in [0.25, 0.3) is 22.3 Å². The minimum atomic E-state index is -1.52. The molecule has 0 fully saturated rings. The van der Waals surface area contributed by atoms with Crippen molar-refractivity contribution < 1.29 is 78.0 Å².